The Morgan fingerprint density at radius 1 is 0.517 bits per heavy atom. The van der Waals surface area contributed by atoms with E-state index in [0.717, 1.165) is 35.5 Å². The first-order valence-electron chi connectivity index (χ1n) is 13.9. The van der Waals surface area contributed by atoms with Crippen LogP contribution in [0.3, 0.4) is 0 Å². The van der Waals surface area contributed by atoms with Crippen LogP contribution in [0.15, 0.2) is 0 Å². The zero-order valence-electron chi connectivity index (χ0n) is 21.5. The molecule has 1 saturated carbocycles. The first-order chi connectivity index (χ1) is 13.9. The van der Waals surface area contributed by atoms with E-state index in [4.69, 9.17) is 0 Å². The van der Waals surface area contributed by atoms with Gasteiger partial charge in [0, 0.05) is 0 Å². The Morgan fingerprint density at radius 3 is 1.24 bits per heavy atom. The molecule has 1 rings (SSSR count). The van der Waals surface area contributed by atoms with Crippen molar-refractivity contribution in [2.75, 3.05) is 0 Å². The summed E-state index contributed by atoms with van der Waals surface area (Å²) >= 11 is 0. The zero-order valence-corrected chi connectivity index (χ0v) is 21.5. The third-order valence-corrected chi connectivity index (χ3v) is 7.75. The molecule has 0 aromatic carbocycles. The summed E-state index contributed by atoms with van der Waals surface area (Å²) in [5.41, 5.74) is 0. The molecule has 0 spiro atoms. The Bertz CT molecular complexity index is 355. The van der Waals surface area contributed by atoms with Gasteiger partial charge < -0.3 is 0 Å². The van der Waals surface area contributed by atoms with E-state index in [-0.39, 0.29) is 0 Å². The van der Waals surface area contributed by atoms with Gasteiger partial charge in [-0.3, -0.25) is 0 Å². The van der Waals surface area contributed by atoms with Crippen LogP contribution in [0.5, 0.6) is 0 Å². The lowest BCUT2D eigenvalue weighted by Gasteiger charge is -2.27. The van der Waals surface area contributed by atoms with Gasteiger partial charge in [-0.25, -0.2) is 0 Å². The van der Waals surface area contributed by atoms with Gasteiger partial charge in [0.25, 0.3) is 0 Å². The topological polar surface area (TPSA) is 0 Å². The van der Waals surface area contributed by atoms with Crippen LogP contribution in [-0.2, 0) is 0 Å². The Balaban J connectivity index is 2.21. The molecular formula is C29H58. The molecule has 0 aromatic rings. The maximum atomic E-state index is 2.56. The molecule has 1 aliphatic carbocycles. The molecule has 0 aliphatic heterocycles. The summed E-state index contributed by atoms with van der Waals surface area (Å²) in [4.78, 5) is 0. The molecule has 4 atom stereocenters. The summed E-state index contributed by atoms with van der Waals surface area (Å²) in [5.74, 6) is 5.82. The van der Waals surface area contributed by atoms with Crippen LogP contribution in [0.4, 0.5) is 0 Å². The predicted octanol–water partition coefficient (Wildman–Crippen LogP) is 10.4. The average molecular weight is 407 g/mol. The molecule has 0 radical (unpaired) electrons. The van der Waals surface area contributed by atoms with Crippen LogP contribution in [0, 0.1) is 35.5 Å². The molecule has 0 heteroatoms. The number of rotatable bonds is 18. The van der Waals surface area contributed by atoms with Crippen LogP contribution in [0.2, 0.25) is 0 Å². The fourth-order valence-electron chi connectivity index (χ4n) is 5.99. The highest BCUT2D eigenvalue weighted by Crippen LogP contribution is 2.43. The van der Waals surface area contributed by atoms with E-state index < -0.39 is 0 Å². The van der Waals surface area contributed by atoms with Gasteiger partial charge in [0.05, 0.1) is 0 Å². The van der Waals surface area contributed by atoms with Crippen LogP contribution >= 0.6 is 0 Å². The van der Waals surface area contributed by atoms with Gasteiger partial charge in [0.15, 0.2) is 0 Å². The third kappa shape index (κ3) is 13.8. The minimum atomic E-state index is 0.889. The van der Waals surface area contributed by atoms with Crippen molar-refractivity contribution in [3.8, 4) is 0 Å². The highest BCUT2D eigenvalue weighted by Gasteiger charge is 2.33. The molecule has 174 valence electrons. The molecule has 1 aliphatic rings. The van der Waals surface area contributed by atoms with Gasteiger partial charge >= 0.3 is 0 Å². The van der Waals surface area contributed by atoms with Gasteiger partial charge in [0.1, 0.15) is 0 Å². The molecular weight excluding hydrogens is 348 g/mol. The molecule has 1 fully saturated rings. The normalized spacial score (nSPS) is 23.4. The van der Waals surface area contributed by atoms with E-state index >= 15 is 0 Å². The van der Waals surface area contributed by atoms with Gasteiger partial charge in [-0.2, -0.15) is 0 Å². The van der Waals surface area contributed by atoms with Gasteiger partial charge in [-0.15, -0.1) is 0 Å². The smallest absolute Gasteiger partial charge is 0.0357 e. The van der Waals surface area contributed by atoms with Crippen molar-refractivity contribution in [2.24, 2.45) is 35.5 Å². The summed E-state index contributed by atoms with van der Waals surface area (Å²) in [6.45, 7) is 14.5. The van der Waals surface area contributed by atoms with Crippen molar-refractivity contribution in [1.82, 2.24) is 0 Å². The predicted molar refractivity (Wildman–Crippen MR) is 133 cm³/mol. The molecule has 0 aromatic heterocycles. The maximum Gasteiger partial charge on any atom is -0.0357 e. The second-order valence-electron chi connectivity index (χ2n) is 11.8. The van der Waals surface area contributed by atoms with Crippen molar-refractivity contribution in [3.63, 3.8) is 0 Å². The zero-order chi connectivity index (χ0) is 21.5. The highest BCUT2D eigenvalue weighted by molar-refractivity contribution is 4.84. The second kappa shape index (κ2) is 16.7. The van der Waals surface area contributed by atoms with Gasteiger partial charge in [-0.05, 0) is 48.3 Å². The van der Waals surface area contributed by atoms with E-state index in [0.29, 0.717) is 0 Å². The van der Waals surface area contributed by atoms with E-state index in [9.17, 15) is 0 Å². The Hall–Kier alpha value is 0. The molecule has 0 bridgehead atoms. The van der Waals surface area contributed by atoms with Gasteiger partial charge in [0.2, 0.25) is 0 Å². The molecule has 4 unspecified atom stereocenters. The minimum Gasteiger partial charge on any atom is -0.0628 e. The minimum absolute atomic E-state index is 0.889. The van der Waals surface area contributed by atoms with Crippen LogP contribution in [0.1, 0.15) is 151 Å². The van der Waals surface area contributed by atoms with Crippen molar-refractivity contribution in [2.45, 2.75) is 151 Å². The number of hydrogen-bond donors (Lipinski definition) is 0. The Kier molecular flexibility index (Phi) is 15.5. The lowest BCUT2D eigenvalue weighted by molar-refractivity contribution is 0.232. The number of unbranched alkanes of at least 4 members (excludes halogenated alkanes) is 9. The fourth-order valence-corrected chi connectivity index (χ4v) is 5.99. The molecule has 0 heterocycles. The third-order valence-electron chi connectivity index (χ3n) is 7.75. The van der Waals surface area contributed by atoms with Crippen molar-refractivity contribution in [3.05, 3.63) is 0 Å². The number of hydrogen-bond acceptors (Lipinski definition) is 0. The molecule has 0 saturated heterocycles. The van der Waals surface area contributed by atoms with Crippen LogP contribution in [-0.4, -0.2) is 0 Å². The van der Waals surface area contributed by atoms with Crippen molar-refractivity contribution < 1.29 is 0 Å². The monoisotopic (exact) mass is 406 g/mol. The average Bonchev–Trinajstić information content (AvgIpc) is 2.98. The fraction of sp³-hybridized carbons (Fsp3) is 1.00. The summed E-state index contributed by atoms with van der Waals surface area (Å²) in [6.07, 6.45) is 25.2. The quantitative estimate of drug-likeness (QED) is 0.198. The summed E-state index contributed by atoms with van der Waals surface area (Å²) < 4.78 is 0. The molecule has 0 nitrogen and oxygen atoms in total. The van der Waals surface area contributed by atoms with Crippen LogP contribution in [0.25, 0.3) is 0 Å². The largest absolute Gasteiger partial charge is 0.0628 e. The summed E-state index contributed by atoms with van der Waals surface area (Å²) in [6, 6.07) is 0. The first kappa shape index (κ1) is 27.0. The van der Waals surface area contributed by atoms with E-state index in [1.165, 1.54) is 109 Å². The van der Waals surface area contributed by atoms with Crippen LogP contribution < -0.4 is 0 Å². The van der Waals surface area contributed by atoms with Crippen molar-refractivity contribution >= 4 is 0 Å². The molecule has 29 heavy (non-hydrogen) atoms. The summed E-state index contributed by atoms with van der Waals surface area (Å²) in [7, 11) is 0. The van der Waals surface area contributed by atoms with Crippen molar-refractivity contribution in [1.29, 1.82) is 0 Å². The summed E-state index contributed by atoms with van der Waals surface area (Å²) in [5, 5.41) is 0. The SMILES string of the molecule is CC(C)CCCCCCCCC(CCCCCCCC(C)C)C1CC(C)CC1C. The standard InChI is InChI=1S/C29H58/c1-24(2)18-14-10-7-8-12-16-20-28(29-23-26(5)22-27(29)6)21-17-13-9-11-15-19-25(3)4/h24-29H,7-23H2,1-6H3. The first-order valence-corrected chi connectivity index (χ1v) is 13.9. The van der Waals surface area contributed by atoms with E-state index in [1.807, 2.05) is 0 Å². The van der Waals surface area contributed by atoms with E-state index in [1.54, 1.807) is 0 Å². The maximum absolute atomic E-state index is 2.56. The highest BCUT2D eigenvalue weighted by atomic mass is 14.4. The molecule has 0 N–H and O–H groups in total. The Morgan fingerprint density at radius 2 is 0.897 bits per heavy atom. The second-order valence-corrected chi connectivity index (χ2v) is 11.8. The Labute approximate surface area is 186 Å². The lowest BCUT2D eigenvalue weighted by atomic mass is 9.78. The van der Waals surface area contributed by atoms with Gasteiger partial charge in [-0.1, -0.05) is 138 Å². The lowest BCUT2D eigenvalue weighted by Crippen LogP contribution is -2.17. The van der Waals surface area contributed by atoms with E-state index in [2.05, 4.69) is 41.5 Å². The molecule has 0 amide bonds.